The van der Waals surface area contributed by atoms with Gasteiger partial charge in [0.05, 0.1) is 6.04 Å². The predicted octanol–water partition coefficient (Wildman–Crippen LogP) is 2.05. The number of alkyl carbamates (subject to hydrolysis) is 1. The number of hydrogen-bond acceptors (Lipinski definition) is 11. The summed E-state index contributed by atoms with van der Waals surface area (Å²) in [6.07, 6.45) is -2.13. The first-order valence-corrected chi connectivity index (χ1v) is 12.9. The van der Waals surface area contributed by atoms with Crippen LogP contribution in [0, 0.1) is 0 Å². The molecule has 0 aliphatic heterocycles. The number of carbonyl (C=O) groups is 4. The summed E-state index contributed by atoms with van der Waals surface area (Å²) in [5, 5.41) is 20.9. The Hall–Kier alpha value is -3.30. The van der Waals surface area contributed by atoms with Gasteiger partial charge in [0.25, 0.3) is 11.8 Å². The average molecular weight is 539 g/mol. The smallest absolute Gasteiger partial charge is 0.441 e. The van der Waals surface area contributed by atoms with E-state index in [0.717, 1.165) is 27.2 Å². The SMILES string of the molecule is N[C@@H](CSSCC(NC(=O)OCc1ccccc1)C(=O)NO)C(=O)N(O)C(=O)OCc1ccccc1. The Morgan fingerprint density at radius 1 is 0.889 bits per heavy atom. The van der Waals surface area contributed by atoms with Crippen LogP contribution in [0.3, 0.4) is 0 Å². The minimum atomic E-state index is -1.27. The van der Waals surface area contributed by atoms with E-state index in [1.54, 1.807) is 54.6 Å². The van der Waals surface area contributed by atoms with Gasteiger partial charge in [0.2, 0.25) is 0 Å². The number of ether oxygens (including phenoxy) is 2. The van der Waals surface area contributed by atoms with Crippen molar-refractivity contribution in [2.45, 2.75) is 25.3 Å². The van der Waals surface area contributed by atoms with Gasteiger partial charge in [0.1, 0.15) is 19.3 Å². The molecule has 1 unspecified atom stereocenters. The standard InChI is InChI=1S/C22H26N4O8S2/c23-17(20(28)26(32)22(30)34-12-16-9-5-2-6-10-16)13-35-36-14-18(19(27)25-31)24-21(29)33-11-15-7-3-1-4-8-15/h1-10,17-18,31-32H,11-14,23H2,(H,24,29)(H,25,27)/t17-,18?/m0/s1. The lowest BCUT2D eigenvalue weighted by molar-refractivity contribution is -0.158. The third-order valence-corrected chi connectivity index (χ3v) is 6.85. The Balaban J connectivity index is 1.72. The van der Waals surface area contributed by atoms with E-state index in [1.807, 2.05) is 6.07 Å². The second-order valence-electron chi connectivity index (χ2n) is 7.10. The van der Waals surface area contributed by atoms with Gasteiger partial charge in [0.15, 0.2) is 0 Å². The first-order valence-electron chi connectivity index (χ1n) is 10.5. The third kappa shape index (κ3) is 10.1. The highest BCUT2D eigenvalue weighted by atomic mass is 33.1. The quantitative estimate of drug-likeness (QED) is 0.115. The molecule has 0 spiro atoms. The number of amides is 4. The van der Waals surface area contributed by atoms with E-state index in [-0.39, 0.29) is 29.8 Å². The van der Waals surface area contributed by atoms with Gasteiger partial charge in [-0.1, -0.05) is 82.3 Å². The van der Waals surface area contributed by atoms with Crippen LogP contribution in [0.25, 0.3) is 0 Å². The maximum atomic E-state index is 12.2. The molecule has 0 aliphatic carbocycles. The van der Waals surface area contributed by atoms with Crippen LogP contribution in [0.5, 0.6) is 0 Å². The summed E-state index contributed by atoms with van der Waals surface area (Å²) >= 11 is 0. The summed E-state index contributed by atoms with van der Waals surface area (Å²) in [5.41, 5.74) is 8.62. The van der Waals surface area contributed by atoms with Crippen LogP contribution in [0.1, 0.15) is 11.1 Å². The van der Waals surface area contributed by atoms with Crippen molar-refractivity contribution in [1.29, 1.82) is 0 Å². The molecule has 0 heterocycles. The highest BCUT2D eigenvalue weighted by Crippen LogP contribution is 2.23. The molecule has 2 atom stereocenters. The monoisotopic (exact) mass is 538 g/mol. The average Bonchev–Trinajstić information content (AvgIpc) is 2.91. The minimum Gasteiger partial charge on any atom is -0.445 e. The van der Waals surface area contributed by atoms with Gasteiger partial charge in [0, 0.05) is 11.5 Å². The van der Waals surface area contributed by atoms with Gasteiger partial charge in [-0.3, -0.25) is 20.0 Å². The number of nitrogens with one attached hydrogen (secondary N) is 2. The number of rotatable bonds is 12. The molecule has 2 rings (SSSR count). The number of carbonyl (C=O) groups excluding carboxylic acids is 4. The molecular weight excluding hydrogens is 512 g/mol. The Bertz CT molecular complexity index is 1000. The first kappa shape index (κ1) is 28.9. The van der Waals surface area contributed by atoms with Crippen molar-refractivity contribution >= 4 is 45.6 Å². The van der Waals surface area contributed by atoms with E-state index in [9.17, 15) is 24.4 Å². The topological polar surface area (TPSA) is 181 Å². The van der Waals surface area contributed by atoms with Crippen LogP contribution in [0.4, 0.5) is 9.59 Å². The molecule has 12 nitrogen and oxygen atoms in total. The summed E-state index contributed by atoms with van der Waals surface area (Å²) in [7, 11) is 2.11. The minimum absolute atomic E-state index is 0.00949. The molecule has 4 amide bonds. The lowest BCUT2D eigenvalue weighted by Gasteiger charge is -2.18. The molecule has 14 heteroatoms. The van der Waals surface area contributed by atoms with Gasteiger partial charge >= 0.3 is 12.2 Å². The number of hydroxylamine groups is 3. The zero-order valence-corrected chi connectivity index (χ0v) is 20.6. The van der Waals surface area contributed by atoms with E-state index >= 15 is 0 Å². The number of imide groups is 1. The summed E-state index contributed by atoms with van der Waals surface area (Å²) in [4.78, 5) is 47.9. The van der Waals surface area contributed by atoms with Gasteiger partial charge in [-0.25, -0.2) is 15.1 Å². The van der Waals surface area contributed by atoms with Crippen molar-refractivity contribution in [1.82, 2.24) is 15.9 Å². The van der Waals surface area contributed by atoms with Crippen molar-refractivity contribution in [2.75, 3.05) is 11.5 Å². The molecule has 6 N–H and O–H groups in total. The Morgan fingerprint density at radius 3 is 1.97 bits per heavy atom. The zero-order valence-electron chi connectivity index (χ0n) is 18.9. The highest BCUT2D eigenvalue weighted by molar-refractivity contribution is 8.76. The van der Waals surface area contributed by atoms with Crippen LogP contribution >= 0.6 is 21.6 Å². The van der Waals surface area contributed by atoms with Crippen molar-refractivity contribution in [2.24, 2.45) is 5.73 Å². The zero-order chi connectivity index (χ0) is 26.3. The van der Waals surface area contributed by atoms with Crippen LogP contribution in [0.2, 0.25) is 0 Å². The molecule has 194 valence electrons. The summed E-state index contributed by atoms with van der Waals surface area (Å²) in [6.45, 7) is -0.149. The molecule has 2 aromatic carbocycles. The van der Waals surface area contributed by atoms with E-state index in [2.05, 4.69) is 5.32 Å². The summed E-state index contributed by atoms with van der Waals surface area (Å²) < 4.78 is 9.93. The van der Waals surface area contributed by atoms with E-state index in [4.69, 9.17) is 20.4 Å². The van der Waals surface area contributed by atoms with Crippen LogP contribution < -0.4 is 16.5 Å². The first-order chi connectivity index (χ1) is 17.3. The Labute approximate surface area is 214 Å². The fourth-order valence-corrected chi connectivity index (χ4v) is 4.78. The number of nitrogens with two attached hydrogens (primary N) is 1. The lowest BCUT2D eigenvalue weighted by atomic mass is 10.2. The lowest BCUT2D eigenvalue weighted by Crippen LogP contribution is -2.47. The third-order valence-electron chi connectivity index (χ3n) is 4.40. The van der Waals surface area contributed by atoms with Gasteiger partial charge in [-0.2, -0.15) is 0 Å². The number of benzene rings is 2. The fourth-order valence-electron chi connectivity index (χ4n) is 2.50. The van der Waals surface area contributed by atoms with Gasteiger partial charge in [-0.15, -0.1) is 5.06 Å². The maximum absolute atomic E-state index is 12.2. The molecular formula is C22H26N4O8S2. The Kier molecular flexibility index (Phi) is 12.6. The second kappa shape index (κ2) is 15.6. The van der Waals surface area contributed by atoms with E-state index < -0.39 is 36.1 Å². The van der Waals surface area contributed by atoms with Crippen LogP contribution in [-0.4, -0.2) is 63.1 Å². The Morgan fingerprint density at radius 2 is 1.42 bits per heavy atom. The maximum Gasteiger partial charge on any atom is 0.441 e. The van der Waals surface area contributed by atoms with Crippen molar-refractivity contribution in [3.63, 3.8) is 0 Å². The number of nitrogens with zero attached hydrogens (tertiary/aromatic N) is 1. The van der Waals surface area contributed by atoms with E-state index in [0.29, 0.717) is 5.56 Å². The van der Waals surface area contributed by atoms with Crippen molar-refractivity contribution in [3.8, 4) is 0 Å². The van der Waals surface area contributed by atoms with E-state index in [1.165, 1.54) is 5.48 Å². The van der Waals surface area contributed by atoms with Crippen LogP contribution in [-0.2, 0) is 32.3 Å². The summed E-state index contributed by atoms with van der Waals surface area (Å²) in [5.74, 6) is -2.00. The number of hydrogen-bond donors (Lipinski definition) is 5. The molecule has 0 aliphatic rings. The molecule has 36 heavy (non-hydrogen) atoms. The molecule has 0 saturated heterocycles. The molecule has 0 saturated carbocycles. The largest absolute Gasteiger partial charge is 0.445 e. The second-order valence-corrected chi connectivity index (χ2v) is 9.65. The van der Waals surface area contributed by atoms with Gasteiger partial charge in [-0.05, 0) is 11.1 Å². The summed E-state index contributed by atoms with van der Waals surface area (Å²) in [6, 6.07) is 15.2. The normalized spacial score (nSPS) is 12.1. The van der Waals surface area contributed by atoms with Crippen LogP contribution in [0.15, 0.2) is 60.7 Å². The molecule has 0 fully saturated rings. The fraction of sp³-hybridized carbons (Fsp3) is 0.273. The van der Waals surface area contributed by atoms with Crippen molar-refractivity contribution in [3.05, 3.63) is 71.8 Å². The molecule has 2 aromatic rings. The molecule has 0 bridgehead atoms. The molecule has 0 aromatic heterocycles. The van der Waals surface area contributed by atoms with Crippen molar-refractivity contribution < 1.29 is 39.1 Å². The molecule has 0 radical (unpaired) electrons. The highest BCUT2D eigenvalue weighted by Gasteiger charge is 2.27. The predicted molar refractivity (Wildman–Crippen MR) is 132 cm³/mol. The van der Waals surface area contributed by atoms with Gasteiger partial charge < -0.3 is 20.5 Å².